The van der Waals surface area contributed by atoms with Gasteiger partial charge in [0.05, 0.1) is 5.69 Å². The number of hydrogen-bond acceptors (Lipinski definition) is 1. The van der Waals surface area contributed by atoms with E-state index < -0.39 is 0 Å². The molecule has 16 heavy (non-hydrogen) atoms. The van der Waals surface area contributed by atoms with Crippen LogP contribution >= 0.6 is 11.6 Å². The van der Waals surface area contributed by atoms with Crippen LogP contribution in [0.15, 0.2) is 23.0 Å². The number of halogens is 1. The van der Waals surface area contributed by atoms with E-state index in [9.17, 15) is 4.79 Å². The van der Waals surface area contributed by atoms with Crippen molar-refractivity contribution in [2.45, 2.75) is 20.8 Å². The maximum atomic E-state index is 11.9. The summed E-state index contributed by atoms with van der Waals surface area (Å²) in [6.07, 6.45) is 0. The molecule has 4 heteroatoms. The molecule has 0 aliphatic heterocycles. The third kappa shape index (κ3) is 1.67. The third-order valence-corrected chi connectivity index (χ3v) is 3.19. The van der Waals surface area contributed by atoms with Crippen LogP contribution in [0, 0.1) is 20.8 Å². The molecule has 1 heterocycles. The van der Waals surface area contributed by atoms with E-state index >= 15 is 0 Å². The van der Waals surface area contributed by atoms with Gasteiger partial charge in [0.1, 0.15) is 0 Å². The van der Waals surface area contributed by atoms with Gasteiger partial charge >= 0.3 is 0 Å². The normalized spacial score (nSPS) is 10.8. The van der Waals surface area contributed by atoms with Gasteiger partial charge in [-0.2, -0.15) is 0 Å². The summed E-state index contributed by atoms with van der Waals surface area (Å²) in [6, 6.07) is 5.56. The van der Waals surface area contributed by atoms with Crippen LogP contribution in [0.5, 0.6) is 0 Å². The molecule has 1 aromatic carbocycles. The highest BCUT2D eigenvalue weighted by Crippen LogP contribution is 2.18. The van der Waals surface area contributed by atoms with Gasteiger partial charge in [0.25, 0.3) is 5.56 Å². The Morgan fingerprint density at radius 1 is 1.25 bits per heavy atom. The molecular weight excluding hydrogens is 224 g/mol. The molecule has 0 amide bonds. The van der Waals surface area contributed by atoms with Gasteiger partial charge < -0.3 is 0 Å². The predicted octanol–water partition coefficient (Wildman–Crippen LogP) is 2.74. The number of benzene rings is 1. The van der Waals surface area contributed by atoms with Gasteiger partial charge in [-0.1, -0.05) is 17.7 Å². The number of nitrogens with one attached hydrogen (secondary N) is 1. The standard InChI is InChI=1S/C12H13ClN2O/c1-7-4-5-10(6-11(7)13)15-12(16)8(2)9(3)14-15/h4-6,14H,1-3H3. The second kappa shape index (κ2) is 3.83. The lowest BCUT2D eigenvalue weighted by Gasteiger charge is -2.04. The molecule has 0 radical (unpaired) electrons. The Balaban J connectivity index is 2.63. The molecule has 0 spiro atoms. The topological polar surface area (TPSA) is 37.8 Å². The van der Waals surface area contributed by atoms with Crippen LogP contribution in [-0.2, 0) is 0 Å². The molecule has 0 unspecified atom stereocenters. The van der Waals surface area contributed by atoms with E-state index in [0.29, 0.717) is 5.02 Å². The molecule has 2 aromatic rings. The lowest BCUT2D eigenvalue weighted by atomic mass is 10.2. The number of aromatic amines is 1. The number of aryl methyl sites for hydroxylation is 2. The first-order chi connectivity index (χ1) is 7.50. The molecule has 0 saturated heterocycles. The molecule has 0 aliphatic rings. The predicted molar refractivity (Wildman–Crippen MR) is 65.6 cm³/mol. The summed E-state index contributed by atoms with van der Waals surface area (Å²) in [4.78, 5) is 11.9. The summed E-state index contributed by atoms with van der Waals surface area (Å²) in [6.45, 7) is 5.61. The first kappa shape index (κ1) is 11.0. The van der Waals surface area contributed by atoms with Crippen molar-refractivity contribution in [3.63, 3.8) is 0 Å². The largest absolute Gasteiger partial charge is 0.295 e. The van der Waals surface area contributed by atoms with Gasteiger partial charge in [0.2, 0.25) is 0 Å². The fourth-order valence-corrected chi connectivity index (χ4v) is 1.71. The first-order valence-electron chi connectivity index (χ1n) is 5.05. The maximum absolute atomic E-state index is 11.9. The number of H-pyrrole nitrogens is 1. The smallest absolute Gasteiger partial charge is 0.274 e. The minimum atomic E-state index is -0.0302. The molecule has 0 bridgehead atoms. The second-order valence-corrected chi connectivity index (χ2v) is 4.34. The van der Waals surface area contributed by atoms with Gasteiger partial charge in [0, 0.05) is 16.3 Å². The highest BCUT2D eigenvalue weighted by Gasteiger charge is 2.08. The average molecular weight is 237 g/mol. The van der Waals surface area contributed by atoms with Crippen LogP contribution < -0.4 is 5.56 Å². The number of aromatic nitrogens is 2. The van der Waals surface area contributed by atoms with E-state index in [-0.39, 0.29) is 5.56 Å². The van der Waals surface area contributed by atoms with E-state index in [1.807, 2.05) is 26.0 Å². The Morgan fingerprint density at radius 2 is 1.94 bits per heavy atom. The lowest BCUT2D eigenvalue weighted by Crippen LogP contribution is -2.15. The fourth-order valence-electron chi connectivity index (χ4n) is 1.53. The van der Waals surface area contributed by atoms with Gasteiger partial charge in [-0.3, -0.25) is 9.89 Å². The summed E-state index contributed by atoms with van der Waals surface area (Å²) >= 11 is 6.03. The zero-order chi connectivity index (χ0) is 11.9. The highest BCUT2D eigenvalue weighted by molar-refractivity contribution is 6.31. The van der Waals surface area contributed by atoms with Crippen LogP contribution in [0.2, 0.25) is 5.02 Å². The summed E-state index contributed by atoms with van der Waals surface area (Å²) in [5.41, 5.74) is 3.34. The van der Waals surface area contributed by atoms with Gasteiger partial charge in [-0.25, -0.2) is 4.68 Å². The molecular formula is C12H13ClN2O. The number of nitrogens with zero attached hydrogens (tertiary/aromatic N) is 1. The molecule has 1 N–H and O–H groups in total. The van der Waals surface area contributed by atoms with Crippen LogP contribution in [0.3, 0.4) is 0 Å². The third-order valence-electron chi connectivity index (χ3n) is 2.78. The Hall–Kier alpha value is -1.48. The lowest BCUT2D eigenvalue weighted by molar-refractivity contribution is 0.834. The van der Waals surface area contributed by atoms with Crippen molar-refractivity contribution in [1.29, 1.82) is 0 Å². The summed E-state index contributed by atoms with van der Waals surface area (Å²) < 4.78 is 1.51. The zero-order valence-corrected chi connectivity index (χ0v) is 10.2. The van der Waals surface area contributed by atoms with Crippen molar-refractivity contribution in [1.82, 2.24) is 9.78 Å². The van der Waals surface area contributed by atoms with E-state index in [4.69, 9.17) is 11.6 Å². The quantitative estimate of drug-likeness (QED) is 0.812. The number of hydrogen-bond donors (Lipinski definition) is 1. The van der Waals surface area contributed by atoms with Crippen molar-refractivity contribution < 1.29 is 0 Å². The van der Waals surface area contributed by atoms with Crippen molar-refractivity contribution in [2.24, 2.45) is 0 Å². The Labute approximate surface area is 98.7 Å². The monoisotopic (exact) mass is 236 g/mol. The Kier molecular flexibility index (Phi) is 2.64. The van der Waals surface area contributed by atoms with Gasteiger partial charge in [-0.05, 0) is 38.5 Å². The molecule has 0 saturated carbocycles. The van der Waals surface area contributed by atoms with Crippen molar-refractivity contribution in [2.75, 3.05) is 0 Å². The van der Waals surface area contributed by atoms with E-state index in [0.717, 1.165) is 22.5 Å². The van der Waals surface area contributed by atoms with Gasteiger partial charge in [0.15, 0.2) is 0 Å². The summed E-state index contributed by atoms with van der Waals surface area (Å²) in [5.74, 6) is 0. The highest BCUT2D eigenvalue weighted by atomic mass is 35.5. The van der Waals surface area contributed by atoms with Crippen LogP contribution in [0.4, 0.5) is 0 Å². The minimum Gasteiger partial charge on any atom is -0.295 e. The molecule has 0 aliphatic carbocycles. The average Bonchev–Trinajstić information content (AvgIpc) is 2.50. The summed E-state index contributed by atoms with van der Waals surface area (Å²) in [7, 11) is 0. The molecule has 84 valence electrons. The number of rotatable bonds is 1. The van der Waals surface area contributed by atoms with Crippen LogP contribution in [-0.4, -0.2) is 9.78 Å². The Bertz CT molecular complexity index is 596. The van der Waals surface area contributed by atoms with E-state index in [1.165, 1.54) is 4.68 Å². The van der Waals surface area contributed by atoms with E-state index in [1.54, 1.807) is 13.0 Å². The molecule has 2 rings (SSSR count). The minimum absolute atomic E-state index is 0.0302. The van der Waals surface area contributed by atoms with Crippen LogP contribution in [0.1, 0.15) is 16.8 Å². The zero-order valence-electron chi connectivity index (χ0n) is 9.47. The molecule has 0 fully saturated rings. The fraction of sp³-hybridized carbons (Fsp3) is 0.250. The molecule has 0 atom stereocenters. The van der Waals surface area contributed by atoms with Gasteiger partial charge in [-0.15, -0.1) is 0 Å². The van der Waals surface area contributed by atoms with Crippen molar-refractivity contribution >= 4 is 11.6 Å². The van der Waals surface area contributed by atoms with Crippen molar-refractivity contribution in [3.05, 3.63) is 50.4 Å². The van der Waals surface area contributed by atoms with Crippen LogP contribution in [0.25, 0.3) is 5.69 Å². The Morgan fingerprint density at radius 3 is 2.44 bits per heavy atom. The summed E-state index contributed by atoms with van der Waals surface area (Å²) in [5, 5.41) is 3.68. The molecule has 1 aromatic heterocycles. The maximum Gasteiger partial charge on any atom is 0.274 e. The first-order valence-corrected chi connectivity index (χ1v) is 5.43. The molecule has 3 nitrogen and oxygen atoms in total. The second-order valence-electron chi connectivity index (χ2n) is 3.94. The van der Waals surface area contributed by atoms with E-state index in [2.05, 4.69) is 5.10 Å². The SMILES string of the molecule is Cc1ccc(-n2[nH]c(C)c(C)c2=O)cc1Cl. The van der Waals surface area contributed by atoms with Crippen molar-refractivity contribution in [3.8, 4) is 5.69 Å².